The zero-order valence-corrected chi connectivity index (χ0v) is 76.4. The average Bonchev–Trinajstić information content (AvgIpc) is 0.745. The van der Waals surface area contributed by atoms with E-state index in [9.17, 15) is 24.7 Å². The maximum absolute atomic E-state index is 14.0. The SMILES string of the molecule is CC(=O)OC[C@H]1O[C@@H](O[C@@H]2[C@@H](N=[N+]=[N-])[C@H](O[C@H]3[C@H]4OC(C)(C)OC[C@H]4O[C@@H](O[C@H]4[C@H](OCc5ccccc5)[C@@H](OCc5ccccc5)[C@H](OCc5ccccc5)O[C@@H]4COCc4ccccc4)[C@@H]3OCc3ccccc3)O[C@H](COCc3ccccc3)[C@H]2O[C@@H]2O[C@@H](C)[C@@H](OCc3ccccc3)[C@@H](OCc3ccccc3)[C@@H]2OCc2ccccc2)[C@H](OC(C)=O)[C@@H](OC(C)=O)[C@H]1OC(C)=O. The summed E-state index contributed by atoms with van der Waals surface area (Å²) < 4.78 is 168. The van der Waals surface area contributed by atoms with E-state index in [1.54, 1.807) is 13.8 Å². The van der Waals surface area contributed by atoms with Gasteiger partial charge >= 0.3 is 23.9 Å². The molecule has 716 valence electrons. The van der Waals surface area contributed by atoms with Gasteiger partial charge in [-0.3, -0.25) is 19.2 Å². The number of benzene rings is 9. The van der Waals surface area contributed by atoms with Gasteiger partial charge in [0, 0.05) is 32.6 Å². The van der Waals surface area contributed by atoms with E-state index in [1.807, 2.05) is 280 Å². The van der Waals surface area contributed by atoms with Crippen LogP contribution in [0.5, 0.6) is 0 Å². The Morgan fingerprint density at radius 1 is 0.326 bits per heavy atom. The molecular formula is C104H117N3O28. The van der Waals surface area contributed by atoms with Gasteiger partial charge in [-0.25, -0.2) is 0 Å². The molecule has 0 aromatic heterocycles. The first-order valence-electron chi connectivity index (χ1n) is 45.5. The van der Waals surface area contributed by atoms with Crippen molar-refractivity contribution in [2.24, 2.45) is 5.11 Å². The molecule has 31 heteroatoms. The predicted molar refractivity (Wildman–Crippen MR) is 483 cm³/mol. The van der Waals surface area contributed by atoms with Crippen molar-refractivity contribution < 1.29 is 133 Å². The van der Waals surface area contributed by atoms with Crippen LogP contribution >= 0.6 is 0 Å². The second-order valence-electron chi connectivity index (χ2n) is 34.2. The normalized spacial score (nSPS) is 29.3. The molecule has 0 amide bonds. The Morgan fingerprint density at radius 3 is 1.05 bits per heavy atom. The van der Waals surface area contributed by atoms with Crippen molar-refractivity contribution in [2.75, 3.05) is 26.4 Å². The molecule has 0 radical (unpaired) electrons. The molecule has 0 spiro atoms. The van der Waals surface area contributed by atoms with E-state index in [0.717, 1.165) is 72.2 Å². The minimum Gasteiger partial charge on any atom is -0.463 e. The number of hydrogen-bond acceptors (Lipinski definition) is 29. The van der Waals surface area contributed by atoms with E-state index in [4.69, 9.17) is 114 Å². The standard InChI is InChI=1S/C104H117N3O28/c1-66-85(115-55-73-39-21-10-22-40-73)91(116-56-74-41-23-11-24-42-74)96(119-59-77-47-29-14-30-48-77)101(123-66)131-86-80(62-112-53-71-35-17-8-18-36-71)127-99(84(106-107-105)90(86)133-103-98(126-70(5)111)93(125-69(4)110)88(124-68(3)109)82(129-103)64-114-67(2)108)134-94-89-83(65-122-104(6,7)135-89)130-102(97(94)120-60-78-49-31-15-32-50-78)132-87-81(63-113-54-72-37-19-9-20-38-72)128-100(121-61-79-51-33-16-34-52-79)95(118-58-76-45-27-13-28-46-76)92(87)117-57-75-43-25-12-26-44-75/h8-52,66,80-103H,53-65H2,1-7H3/t66-,80+,81+,82+,83+,84+,85+,86+,87+,88-,89-,90+,91+,92-,93-,94-,95+,96-,97+,98+,99-,100+,101-,102-,103-/m0/s1. The fraction of sp³-hybridized carbons (Fsp3) is 0.442. The number of fused-ring (bicyclic) bond motifs is 1. The third-order valence-electron chi connectivity index (χ3n) is 23.6. The molecule has 15 rings (SSSR count). The molecule has 9 aromatic carbocycles. The van der Waals surface area contributed by atoms with Crippen LogP contribution in [0.4, 0.5) is 0 Å². The molecule has 25 atom stereocenters. The molecule has 6 heterocycles. The van der Waals surface area contributed by atoms with Gasteiger partial charge in [-0.2, -0.15) is 0 Å². The number of ether oxygens (including phenoxy) is 24. The summed E-state index contributed by atoms with van der Waals surface area (Å²) in [4.78, 5) is 57.7. The summed E-state index contributed by atoms with van der Waals surface area (Å²) in [5, 5.41) is 4.63. The number of rotatable bonds is 43. The van der Waals surface area contributed by atoms with Gasteiger partial charge in [0.15, 0.2) is 55.5 Å². The maximum atomic E-state index is 14.0. The highest BCUT2D eigenvalue weighted by Crippen LogP contribution is 2.45. The molecule has 0 bridgehead atoms. The summed E-state index contributed by atoms with van der Waals surface area (Å²) in [7, 11) is 0. The molecule has 0 unspecified atom stereocenters. The van der Waals surface area contributed by atoms with Crippen molar-refractivity contribution >= 4 is 23.9 Å². The van der Waals surface area contributed by atoms with E-state index in [0.29, 0.717) is 5.56 Å². The first-order valence-corrected chi connectivity index (χ1v) is 45.5. The van der Waals surface area contributed by atoms with E-state index in [1.165, 1.54) is 0 Å². The highest BCUT2D eigenvalue weighted by atomic mass is 16.8. The van der Waals surface area contributed by atoms with Crippen LogP contribution in [0, 0.1) is 0 Å². The largest absolute Gasteiger partial charge is 0.463 e. The summed E-state index contributed by atoms with van der Waals surface area (Å²) in [5.74, 6) is -4.96. The Bertz CT molecular complexity index is 5130. The lowest BCUT2D eigenvalue weighted by Crippen LogP contribution is -2.70. The Labute approximate surface area is 785 Å². The van der Waals surface area contributed by atoms with Crippen LogP contribution in [0.1, 0.15) is 98.5 Å². The highest BCUT2D eigenvalue weighted by Gasteiger charge is 2.62. The van der Waals surface area contributed by atoms with Crippen LogP contribution in [-0.4, -0.2) is 210 Å². The van der Waals surface area contributed by atoms with E-state index in [-0.39, 0.29) is 72.7 Å². The molecule has 6 aliphatic heterocycles. The molecule has 6 fully saturated rings. The third-order valence-corrected chi connectivity index (χ3v) is 23.6. The van der Waals surface area contributed by atoms with Crippen LogP contribution in [0.3, 0.4) is 0 Å². The monoisotopic (exact) mass is 1860 g/mol. The second-order valence-corrected chi connectivity index (χ2v) is 34.2. The maximum Gasteiger partial charge on any atom is 0.303 e. The van der Waals surface area contributed by atoms with Crippen molar-refractivity contribution in [3.8, 4) is 0 Å². The van der Waals surface area contributed by atoms with Gasteiger partial charge in [0.1, 0.15) is 104 Å². The number of azide groups is 1. The molecule has 9 aromatic rings. The number of esters is 4. The molecule has 0 aliphatic carbocycles. The molecule has 0 N–H and O–H groups in total. The van der Waals surface area contributed by atoms with Gasteiger partial charge in [-0.1, -0.05) is 278 Å². The molecule has 6 aliphatic rings. The molecule has 0 saturated carbocycles. The van der Waals surface area contributed by atoms with Crippen molar-refractivity contribution in [1.29, 1.82) is 0 Å². The van der Waals surface area contributed by atoms with Crippen molar-refractivity contribution in [3.05, 3.63) is 334 Å². The highest BCUT2D eigenvalue weighted by molar-refractivity contribution is 5.69. The topological polar surface area (TPSA) is 339 Å². The van der Waals surface area contributed by atoms with Gasteiger partial charge in [-0.15, -0.1) is 0 Å². The third kappa shape index (κ3) is 27.9. The first kappa shape index (κ1) is 98.9. The van der Waals surface area contributed by atoms with Crippen LogP contribution in [-0.2, 0) is 192 Å². The smallest absolute Gasteiger partial charge is 0.303 e. The lowest BCUT2D eigenvalue weighted by atomic mass is 9.93. The van der Waals surface area contributed by atoms with Gasteiger partial charge in [0.2, 0.25) is 0 Å². The van der Waals surface area contributed by atoms with E-state index >= 15 is 0 Å². The van der Waals surface area contributed by atoms with Crippen molar-refractivity contribution in [2.45, 2.75) is 267 Å². The molecule has 6 saturated heterocycles. The quantitative estimate of drug-likeness (QED) is 0.0113. The summed E-state index contributed by atoms with van der Waals surface area (Å²) in [6, 6.07) is 84.3. The Morgan fingerprint density at radius 2 is 0.637 bits per heavy atom. The molecule has 31 nitrogen and oxygen atoms in total. The van der Waals surface area contributed by atoms with Gasteiger partial charge < -0.3 is 114 Å². The number of carbonyl (C=O) groups excluding carboxylic acids is 4. The summed E-state index contributed by atoms with van der Waals surface area (Å²) >= 11 is 0. The van der Waals surface area contributed by atoms with Crippen molar-refractivity contribution in [1.82, 2.24) is 0 Å². The fourth-order valence-corrected chi connectivity index (χ4v) is 17.2. The van der Waals surface area contributed by atoms with Crippen molar-refractivity contribution in [3.63, 3.8) is 0 Å². The Hall–Kier alpha value is -10.6. The minimum absolute atomic E-state index is 0.0299. The van der Waals surface area contributed by atoms with Crippen LogP contribution < -0.4 is 0 Å². The zero-order chi connectivity index (χ0) is 93.8. The Kier molecular flexibility index (Phi) is 36.2. The van der Waals surface area contributed by atoms with E-state index < -0.39 is 196 Å². The summed E-state index contributed by atoms with van der Waals surface area (Å²) in [6.07, 6.45) is -34.0. The number of nitrogens with zero attached hydrogens (tertiary/aromatic N) is 3. The van der Waals surface area contributed by atoms with Gasteiger partial charge in [-0.05, 0) is 76.4 Å². The predicted octanol–water partition coefficient (Wildman–Crippen LogP) is 14.5. The van der Waals surface area contributed by atoms with Gasteiger partial charge in [0.05, 0.1) is 85.4 Å². The lowest BCUT2D eigenvalue weighted by Gasteiger charge is -2.54. The first-order chi connectivity index (χ1) is 65.8. The van der Waals surface area contributed by atoms with Crippen LogP contribution in [0.25, 0.3) is 10.4 Å². The Balaban J connectivity index is 0.889. The zero-order valence-electron chi connectivity index (χ0n) is 76.4. The van der Waals surface area contributed by atoms with Gasteiger partial charge in [0.25, 0.3) is 0 Å². The number of carbonyl (C=O) groups is 4. The van der Waals surface area contributed by atoms with Crippen LogP contribution in [0.15, 0.2) is 278 Å². The lowest BCUT2D eigenvalue weighted by molar-refractivity contribution is -0.423. The average molecular weight is 1860 g/mol. The number of hydrogen-bond donors (Lipinski definition) is 0. The summed E-state index contributed by atoms with van der Waals surface area (Å²) in [5.41, 5.74) is 18.9. The van der Waals surface area contributed by atoms with Crippen LogP contribution in [0.2, 0.25) is 0 Å². The molecule has 135 heavy (non-hydrogen) atoms. The fourth-order valence-electron chi connectivity index (χ4n) is 17.2. The second kappa shape index (κ2) is 49.4. The minimum atomic E-state index is -2.02. The van der Waals surface area contributed by atoms with E-state index in [2.05, 4.69) is 10.0 Å². The molecular weight excluding hydrogens is 1740 g/mol. The summed E-state index contributed by atoms with van der Waals surface area (Å²) in [6.45, 7) is 8.71.